The Hall–Kier alpha value is -2.45. The summed E-state index contributed by atoms with van der Waals surface area (Å²) in [5.41, 5.74) is 0.267. The molecular weight excluding hydrogens is 349 g/mol. The number of methoxy groups -OCH3 is 1. The van der Waals surface area contributed by atoms with E-state index in [1.54, 1.807) is 0 Å². The summed E-state index contributed by atoms with van der Waals surface area (Å²) in [6.45, 7) is 0.222. The van der Waals surface area contributed by atoms with E-state index >= 15 is 0 Å². The van der Waals surface area contributed by atoms with E-state index in [0.717, 1.165) is 4.31 Å². The molecule has 0 saturated carbocycles. The van der Waals surface area contributed by atoms with Gasteiger partial charge in [0, 0.05) is 13.6 Å². The van der Waals surface area contributed by atoms with Gasteiger partial charge in [0.15, 0.2) is 0 Å². The van der Waals surface area contributed by atoms with E-state index in [1.165, 1.54) is 62.7 Å². The molecule has 2 aromatic rings. The van der Waals surface area contributed by atoms with Crippen molar-refractivity contribution in [3.63, 3.8) is 0 Å². The van der Waals surface area contributed by atoms with Crippen molar-refractivity contribution in [2.24, 2.45) is 0 Å². The van der Waals surface area contributed by atoms with Crippen LogP contribution in [-0.2, 0) is 14.8 Å². The molecule has 0 aromatic heterocycles. The topological polar surface area (TPSA) is 72.9 Å². The molecule has 0 bridgehead atoms. The van der Waals surface area contributed by atoms with Gasteiger partial charge in [-0.25, -0.2) is 17.6 Å². The molecule has 0 heterocycles. The van der Waals surface area contributed by atoms with E-state index in [1.807, 2.05) is 0 Å². The standard InChI is InChI=1S/C17H18FNO5S/c1-19(11-12-24-15-7-5-14(18)6-8-15)25(21,22)16-9-3-13(4-10-16)17(20)23-2/h3-10H,11-12H2,1-2H3. The van der Waals surface area contributed by atoms with Crippen molar-refractivity contribution in [1.82, 2.24) is 4.31 Å². The Kier molecular flexibility index (Phi) is 6.11. The molecule has 0 saturated heterocycles. The van der Waals surface area contributed by atoms with Crippen LogP contribution in [0.1, 0.15) is 10.4 Å². The van der Waals surface area contributed by atoms with E-state index in [2.05, 4.69) is 4.74 Å². The predicted molar refractivity (Wildman–Crippen MR) is 89.5 cm³/mol. The molecule has 0 N–H and O–H groups in total. The average Bonchev–Trinajstić information content (AvgIpc) is 2.62. The highest BCUT2D eigenvalue weighted by atomic mass is 32.2. The summed E-state index contributed by atoms with van der Waals surface area (Å²) < 4.78 is 48.9. The van der Waals surface area contributed by atoms with Gasteiger partial charge in [0.05, 0.1) is 17.6 Å². The fourth-order valence-electron chi connectivity index (χ4n) is 2.00. The predicted octanol–water partition coefficient (Wildman–Crippen LogP) is 2.31. The van der Waals surface area contributed by atoms with Crippen molar-refractivity contribution in [1.29, 1.82) is 0 Å². The largest absolute Gasteiger partial charge is 0.492 e. The highest BCUT2D eigenvalue weighted by Crippen LogP contribution is 2.16. The van der Waals surface area contributed by atoms with Gasteiger partial charge in [-0.15, -0.1) is 0 Å². The fraction of sp³-hybridized carbons (Fsp3) is 0.235. The Morgan fingerprint density at radius 1 is 1.08 bits per heavy atom. The number of rotatable bonds is 7. The van der Waals surface area contributed by atoms with E-state index in [4.69, 9.17) is 4.74 Å². The molecule has 0 unspecified atom stereocenters. The van der Waals surface area contributed by atoms with Crippen LogP contribution in [0.25, 0.3) is 0 Å². The van der Waals surface area contributed by atoms with Gasteiger partial charge in [0.1, 0.15) is 18.2 Å². The lowest BCUT2D eigenvalue weighted by Gasteiger charge is -2.17. The molecule has 2 rings (SSSR count). The molecule has 6 nitrogen and oxygen atoms in total. The zero-order chi connectivity index (χ0) is 18.4. The van der Waals surface area contributed by atoms with Crippen LogP contribution in [0.4, 0.5) is 4.39 Å². The van der Waals surface area contributed by atoms with Crippen molar-refractivity contribution in [2.75, 3.05) is 27.3 Å². The number of benzene rings is 2. The van der Waals surface area contributed by atoms with E-state index in [0.29, 0.717) is 5.75 Å². The molecule has 8 heteroatoms. The van der Waals surface area contributed by atoms with Crippen LogP contribution in [0, 0.1) is 5.82 Å². The summed E-state index contributed by atoms with van der Waals surface area (Å²) in [7, 11) is -1.03. The van der Waals surface area contributed by atoms with Crippen molar-refractivity contribution >= 4 is 16.0 Å². The Morgan fingerprint density at radius 2 is 1.68 bits per heavy atom. The first kappa shape index (κ1) is 18.9. The maximum atomic E-state index is 12.8. The number of nitrogens with zero attached hydrogens (tertiary/aromatic N) is 1. The van der Waals surface area contributed by atoms with Crippen LogP contribution in [0.2, 0.25) is 0 Å². The van der Waals surface area contributed by atoms with Gasteiger partial charge in [-0.1, -0.05) is 0 Å². The van der Waals surface area contributed by atoms with Crippen molar-refractivity contribution in [2.45, 2.75) is 4.90 Å². The molecule has 0 atom stereocenters. The van der Waals surface area contributed by atoms with Gasteiger partial charge in [0.25, 0.3) is 0 Å². The molecule has 0 radical (unpaired) electrons. The number of esters is 1. The second-order valence-electron chi connectivity index (χ2n) is 5.14. The first-order valence-electron chi connectivity index (χ1n) is 7.37. The lowest BCUT2D eigenvalue weighted by atomic mass is 10.2. The maximum Gasteiger partial charge on any atom is 0.337 e. The van der Waals surface area contributed by atoms with E-state index in [-0.39, 0.29) is 29.4 Å². The number of ether oxygens (including phenoxy) is 2. The molecule has 2 aromatic carbocycles. The second kappa shape index (κ2) is 8.09. The minimum Gasteiger partial charge on any atom is -0.492 e. The number of halogens is 1. The maximum absolute atomic E-state index is 12.8. The molecule has 0 spiro atoms. The molecule has 0 fully saturated rings. The molecule has 134 valence electrons. The normalized spacial score (nSPS) is 11.4. The van der Waals surface area contributed by atoms with Gasteiger partial charge >= 0.3 is 5.97 Å². The monoisotopic (exact) mass is 367 g/mol. The zero-order valence-electron chi connectivity index (χ0n) is 13.8. The van der Waals surface area contributed by atoms with Crippen LogP contribution in [0.15, 0.2) is 53.4 Å². The second-order valence-corrected chi connectivity index (χ2v) is 7.19. The fourth-order valence-corrected chi connectivity index (χ4v) is 3.16. The number of hydrogen-bond donors (Lipinski definition) is 0. The summed E-state index contributed by atoms with van der Waals surface area (Å²) in [5, 5.41) is 0. The van der Waals surface area contributed by atoms with Crippen LogP contribution >= 0.6 is 0 Å². The summed E-state index contributed by atoms with van der Waals surface area (Å²) in [6.07, 6.45) is 0. The Balaban J connectivity index is 1.98. The number of likely N-dealkylation sites (N-methyl/N-ethyl adjacent to an activating group) is 1. The molecule has 25 heavy (non-hydrogen) atoms. The Bertz CT molecular complexity index is 819. The lowest BCUT2D eigenvalue weighted by Crippen LogP contribution is -2.31. The first-order chi connectivity index (χ1) is 11.8. The van der Waals surface area contributed by atoms with Crippen molar-refractivity contribution < 1.29 is 27.1 Å². The molecular formula is C17H18FNO5S. The summed E-state index contributed by atoms with van der Waals surface area (Å²) in [5.74, 6) is -0.456. The number of hydrogen-bond acceptors (Lipinski definition) is 5. The zero-order valence-corrected chi connectivity index (χ0v) is 14.6. The third-order valence-corrected chi connectivity index (χ3v) is 5.34. The van der Waals surface area contributed by atoms with Gasteiger partial charge in [-0.05, 0) is 48.5 Å². The van der Waals surface area contributed by atoms with Crippen LogP contribution in [0.5, 0.6) is 5.75 Å². The van der Waals surface area contributed by atoms with E-state index in [9.17, 15) is 17.6 Å². The average molecular weight is 367 g/mol. The smallest absolute Gasteiger partial charge is 0.337 e. The first-order valence-corrected chi connectivity index (χ1v) is 8.81. The van der Waals surface area contributed by atoms with Crippen molar-refractivity contribution in [3.05, 3.63) is 59.9 Å². The van der Waals surface area contributed by atoms with Gasteiger partial charge in [-0.2, -0.15) is 4.31 Å². The van der Waals surface area contributed by atoms with Crippen molar-refractivity contribution in [3.8, 4) is 5.75 Å². The number of carbonyl (C=O) groups is 1. The minimum absolute atomic E-state index is 0.0597. The SMILES string of the molecule is COC(=O)c1ccc(S(=O)(=O)N(C)CCOc2ccc(F)cc2)cc1. The third-order valence-electron chi connectivity index (χ3n) is 3.47. The highest BCUT2D eigenvalue weighted by molar-refractivity contribution is 7.89. The van der Waals surface area contributed by atoms with Crippen LogP contribution in [0.3, 0.4) is 0 Å². The van der Waals surface area contributed by atoms with Crippen LogP contribution in [-0.4, -0.2) is 46.0 Å². The quantitative estimate of drug-likeness (QED) is 0.702. The Morgan fingerprint density at radius 3 is 2.24 bits per heavy atom. The number of carbonyl (C=O) groups excluding carboxylic acids is 1. The molecule has 0 aliphatic carbocycles. The summed E-state index contributed by atoms with van der Waals surface area (Å²) in [4.78, 5) is 11.4. The third kappa shape index (κ3) is 4.77. The van der Waals surface area contributed by atoms with Gasteiger partial charge < -0.3 is 9.47 Å². The number of sulfonamides is 1. The Labute approximate surface area is 145 Å². The lowest BCUT2D eigenvalue weighted by molar-refractivity contribution is 0.0600. The molecule has 0 amide bonds. The summed E-state index contributed by atoms with van der Waals surface area (Å²) >= 11 is 0. The minimum atomic E-state index is -3.71. The van der Waals surface area contributed by atoms with Gasteiger partial charge in [-0.3, -0.25) is 0 Å². The van der Waals surface area contributed by atoms with Gasteiger partial charge in [0.2, 0.25) is 10.0 Å². The molecule has 0 aliphatic heterocycles. The summed E-state index contributed by atoms with van der Waals surface area (Å²) in [6, 6.07) is 10.9. The molecule has 0 aliphatic rings. The van der Waals surface area contributed by atoms with Crippen LogP contribution < -0.4 is 4.74 Å². The highest BCUT2D eigenvalue weighted by Gasteiger charge is 2.21. The van der Waals surface area contributed by atoms with E-state index < -0.39 is 16.0 Å².